The molecular formula is C22H26ClN5O2. The van der Waals surface area contributed by atoms with Crippen LogP contribution in [-0.4, -0.2) is 53.1 Å². The number of piperidine rings is 1. The van der Waals surface area contributed by atoms with Gasteiger partial charge in [-0.25, -0.2) is 0 Å². The number of benzene rings is 1. The maximum Gasteiger partial charge on any atom is 0.229 e. The maximum atomic E-state index is 12.8. The highest BCUT2D eigenvalue weighted by Crippen LogP contribution is 2.23. The van der Waals surface area contributed by atoms with Gasteiger partial charge < -0.3 is 15.1 Å². The van der Waals surface area contributed by atoms with E-state index in [-0.39, 0.29) is 17.7 Å². The van der Waals surface area contributed by atoms with Crippen LogP contribution in [-0.2, 0) is 16.0 Å². The molecule has 2 fully saturated rings. The van der Waals surface area contributed by atoms with E-state index in [9.17, 15) is 9.59 Å². The lowest BCUT2D eigenvalue weighted by Gasteiger charge is -2.32. The number of rotatable bonds is 5. The molecule has 2 aliphatic heterocycles. The van der Waals surface area contributed by atoms with Gasteiger partial charge in [0.2, 0.25) is 11.8 Å². The molecule has 0 aliphatic carbocycles. The van der Waals surface area contributed by atoms with Gasteiger partial charge in [-0.3, -0.25) is 9.59 Å². The molecule has 1 aromatic carbocycles. The quantitative estimate of drug-likeness (QED) is 0.793. The Morgan fingerprint density at radius 2 is 1.77 bits per heavy atom. The minimum absolute atomic E-state index is 0.00233. The van der Waals surface area contributed by atoms with Crippen molar-refractivity contribution in [2.75, 3.05) is 36.4 Å². The third kappa shape index (κ3) is 5.08. The molecule has 0 unspecified atom stereocenters. The fourth-order valence-electron chi connectivity index (χ4n) is 4.08. The monoisotopic (exact) mass is 427 g/mol. The fraction of sp³-hybridized carbons (Fsp3) is 0.455. The van der Waals surface area contributed by atoms with E-state index in [4.69, 9.17) is 11.6 Å². The van der Waals surface area contributed by atoms with Gasteiger partial charge in [0.1, 0.15) is 0 Å². The predicted molar refractivity (Wildman–Crippen MR) is 117 cm³/mol. The van der Waals surface area contributed by atoms with E-state index in [2.05, 4.69) is 20.4 Å². The molecule has 1 aromatic heterocycles. The zero-order valence-corrected chi connectivity index (χ0v) is 17.6. The number of aromatic nitrogens is 2. The summed E-state index contributed by atoms with van der Waals surface area (Å²) < 4.78 is 0. The van der Waals surface area contributed by atoms with Crippen molar-refractivity contribution in [3.8, 4) is 0 Å². The van der Waals surface area contributed by atoms with Gasteiger partial charge in [0, 0.05) is 31.9 Å². The number of halogens is 1. The summed E-state index contributed by atoms with van der Waals surface area (Å²) in [5, 5.41) is 11.4. The summed E-state index contributed by atoms with van der Waals surface area (Å²) >= 11 is 5.81. The molecule has 7 nitrogen and oxygen atoms in total. The van der Waals surface area contributed by atoms with Gasteiger partial charge in [0.15, 0.2) is 11.0 Å². The number of nitrogens with one attached hydrogen (secondary N) is 1. The normalized spacial score (nSPS) is 19.0. The Morgan fingerprint density at radius 1 is 1.00 bits per heavy atom. The minimum Gasteiger partial charge on any atom is -0.354 e. The molecular weight excluding hydrogens is 402 g/mol. The van der Waals surface area contributed by atoms with Crippen LogP contribution >= 0.6 is 11.6 Å². The van der Waals surface area contributed by atoms with Crippen LogP contribution in [0.15, 0.2) is 36.4 Å². The number of hydrogen-bond donors (Lipinski definition) is 1. The van der Waals surface area contributed by atoms with E-state index in [0.717, 1.165) is 62.4 Å². The lowest BCUT2D eigenvalue weighted by Crippen LogP contribution is -2.41. The van der Waals surface area contributed by atoms with Crippen LogP contribution < -0.4 is 10.2 Å². The topological polar surface area (TPSA) is 78.4 Å². The molecule has 1 N–H and O–H groups in total. The second kappa shape index (κ2) is 9.43. The summed E-state index contributed by atoms with van der Waals surface area (Å²) in [7, 11) is 0. The van der Waals surface area contributed by atoms with E-state index in [1.807, 2.05) is 35.2 Å². The van der Waals surface area contributed by atoms with Gasteiger partial charge in [-0.15, -0.1) is 10.2 Å². The average molecular weight is 428 g/mol. The van der Waals surface area contributed by atoms with E-state index in [1.165, 1.54) is 0 Å². The Labute approximate surface area is 181 Å². The molecule has 8 heteroatoms. The summed E-state index contributed by atoms with van der Waals surface area (Å²) in [5.41, 5.74) is 1.72. The zero-order chi connectivity index (χ0) is 20.9. The Hall–Kier alpha value is -2.67. The fourth-order valence-corrected chi connectivity index (χ4v) is 4.18. The molecule has 3 heterocycles. The molecule has 2 aromatic rings. The Bertz CT molecular complexity index is 881. The number of carbonyl (C=O) groups excluding carboxylic acids is 2. The van der Waals surface area contributed by atoms with E-state index < -0.39 is 0 Å². The second-order valence-electron chi connectivity index (χ2n) is 7.95. The molecule has 30 heavy (non-hydrogen) atoms. The van der Waals surface area contributed by atoms with Gasteiger partial charge >= 0.3 is 0 Å². The summed E-state index contributed by atoms with van der Waals surface area (Å²) in [6, 6.07) is 11.1. The minimum atomic E-state index is -0.118. The van der Waals surface area contributed by atoms with Crippen molar-refractivity contribution in [2.24, 2.45) is 5.92 Å². The number of carbonyl (C=O) groups is 2. The van der Waals surface area contributed by atoms with Crippen molar-refractivity contribution in [3.63, 3.8) is 0 Å². The number of hydrogen-bond acceptors (Lipinski definition) is 5. The van der Waals surface area contributed by atoms with Crippen molar-refractivity contribution in [2.45, 2.75) is 32.1 Å². The van der Waals surface area contributed by atoms with Gasteiger partial charge in [-0.1, -0.05) is 23.7 Å². The number of likely N-dealkylation sites (tertiary alicyclic amines) is 1. The molecule has 0 radical (unpaired) electrons. The average Bonchev–Trinajstić information content (AvgIpc) is 3.31. The SMILES string of the molecule is O=C(Nc1ccc(CC(=O)N2CCCC2)cc1)[C@@H]1CCCN(c2ccc(Cl)nn2)C1. The molecule has 0 spiro atoms. The first-order chi connectivity index (χ1) is 14.6. The van der Waals surface area contributed by atoms with E-state index in [1.54, 1.807) is 6.07 Å². The number of amides is 2. The standard InChI is InChI=1S/C22H26ClN5O2/c23-19-9-10-20(26-25-19)28-13-3-4-17(15-28)22(30)24-18-7-5-16(6-8-18)14-21(29)27-11-1-2-12-27/h5-10,17H,1-4,11-15H2,(H,24,30)/t17-/m1/s1. The molecule has 0 bridgehead atoms. The molecule has 4 rings (SSSR count). The van der Waals surface area contributed by atoms with Gasteiger partial charge in [-0.05, 0) is 55.5 Å². The molecule has 2 saturated heterocycles. The highest BCUT2D eigenvalue weighted by molar-refractivity contribution is 6.29. The van der Waals surface area contributed by atoms with Crippen LogP contribution in [0, 0.1) is 5.92 Å². The van der Waals surface area contributed by atoms with Crippen LogP contribution in [0.4, 0.5) is 11.5 Å². The summed E-state index contributed by atoms with van der Waals surface area (Å²) in [6.45, 7) is 3.18. The van der Waals surface area contributed by atoms with Gasteiger partial charge in [0.05, 0.1) is 12.3 Å². The van der Waals surface area contributed by atoms with E-state index >= 15 is 0 Å². The zero-order valence-electron chi connectivity index (χ0n) is 16.9. The number of nitrogens with zero attached hydrogens (tertiary/aromatic N) is 4. The third-order valence-corrected chi connectivity index (χ3v) is 5.97. The maximum absolute atomic E-state index is 12.8. The molecule has 158 valence electrons. The molecule has 0 saturated carbocycles. The van der Waals surface area contributed by atoms with Gasteiger partial charge in [0.25, 0.3) is 0 Å². The molecule has 1 atom stereocenters. The van der Waals surface area contributed by atoms with Crippen LogP contribution in [0.1, 0.15) is 31.2 Å². The summed E-state index contributed by atoms with van der Waals surface area (Å²) in [5.74, 6) is 0.802. The van der Waals surface area contributed by atoms with Crippen molar-refractivity contribution in [1.82, 2.24) is 15.1 Å². The van der Waals surface area contributed by atoms with E-state index in [0.29, 0.717) is 18.1 Å². The van der Waals surface area contributed by atoms with Crippen LogP contribution in [0.2, 0.25) is 5.15 Å². The lowest BCUT2D eigenvalue weighted by molar-refractivity contribution is -0.129. The molecule has 2 aliphatic rings. The van der Waals surface area contributed by atoms with Crippen molar-refractivity contribution in [1.29, 1.82) is 0 Å². The predicted octanol–water partition coefficient (Wildman–Crippen LogP) is 3.15. The van der Waals surface area contributed by atoms with Crippen LogP contribution in [0.5, 0.6) is 0 Å². The second-order valence-corrected chi connectivity index (χ2v) is 8.34. The largest absolute Gasteiger partial charge is 0.354 e. The summed E-state index contributed by atoms with van der Waals surface area (Å²) in [6.07, 6.45) is 4.36. The van der Waals surface area contributed by atoms with Crippen molar-refractivity contribution >= 4 is 34.9 Å². The third-order valence-electron chi connectivity index (χ3n) is 5.77. The smallest absolute Gasteiger partial charge is 0.229 e. The first-order valence-corrected chi connectivity index (χ1v) is 10.9. The Kier molecular flexibility index (Phi) is 6.47. The van der Waals surface area contributed by atoms with Gasteiger partial charge in [-0.2, -0.15) is 0 Å². The highest BCUT2D eigenvalue weighted by atomic mass is 35.5. The summed E-state index contributed by atoms with van der Waals surface area (Å²) in [4.78, 5) is 29.1. The van der Waals surface area contributed by atoms with Crippen molar-refractivity contribution in [3.05, 3.63) is 47.1 Å². The van der Waals surface area contributed by atoms with Crippen LogP contribution in [0.3, 0.4) is 0 Å². The van der Waals surface area contributed by atoms with Crippen molar-refractivity contribution < 1.29 is 9.59 Å². The number of anilines is 2. The Balaban J connectivity index is 1.31. The lowest BCUT2D eigenvalue weighted by atomic mass is 9.97. The first-order valence-electron chi connectivity index (χ1n) is 10.5. The first kappa shape index (κ1) is 20.6. The highest BCUT2D eigenvalue weighted by Gasteiger charge is 2.27. The van der Waals surface area contributed by atoms with Crippen LogP contribution in [0.25, 0.3) is 0 Å². The Morgan fingerprint density at radius 3 is 2.47 bits per heavy atom. The molecule has 2 amide bonds.